The van der Waals surface area contributed by atoms with Crippen LogP contribution in [-0.4, -0.2) is 22.2 Å². The molecule has 0 rings (SSSR count). The zero-order valence-corrected chi connectivity index (χ0v) is 8.82. The third-order valence-electron chi connectivity index (χ3n) is 2.02. The van der Waals surface area contributed by atoms with Crippen LogP contribution in [0.3, 0.4) is 0 Å². The Morgan fingerprint density at radius 2 is 1.53 bits per heavy atom. The average molecular weight is 214 g/mol. The van der Waals surface area contributed by atoms with E-state index in [1.165, 1.54) is 0 Å². The second-order valence-electron chi connectivity index (χ2n) is 3.44. The van der Waals surface area contributed by atoms with Crippen molar-refractivity contribution in [3.05, 3.63) is 12.2 Å². The van der Waals surface area contributed by atoms with Gasteiger partial charge in [-0.15, -0.1) is 0 Å². The van der Waals surface area contributed by atoms with E-state index in [0.717, 1.165) is 44.6 Å². The largest absolute Gasteiger partial charge is 0.481 e. The van der Waals surface area contributed by atoms with Gasteiger partial charge >= 0.3 is 11.9 Å². The van der Waals surface area contributed by atoms with Gasteiger partial charge in [-0.25, -0.2) is 4.79 Å². The summed E-state index contributed by atoms with van der Waals surface area (Å²) >= 11 is 0. The monoisotopic (exact) mass is 214 g/mol. The Morgan fingerprint density at radius 1 is 0.933 bits per heavy atom. The Labute approximate surface area is 89.6 Å². The minimum absolute atomic E-state index is 0.249. The van der Waals surface area contributed by atoms with Gasteiger partial charge in [-0.05, 0) is 19.3 Å². The molecule has 0 saturated carbocycles. The maximum atomic E-state index is 10.2. The third kappa shape index (κ3) is 12.7. The zero-order chi connectivity index (χ0) is 11.5. The van der Waals surface area contributed by atoms with Crippen molar-refractivity contribution in [2.75, 3.05) is 0 Å². The van der Waals surface area contributed by atoms with Crippen LogP contribution in [0.4, 0.5) is 0 Å². The van der Waals surface area contributed by atoms with Crippen LogP contribution in [0.25, 0.3) is 0 Å². The second kappa shape index (κ2) is 9.24. The fraction of sp³-hybridized carbons (Fsp3) is 0.636. The molecule has 0 amide bonds. The molecule has 0 bridgehead atoms. The number of carboxylic acids is 2. The van der Waals surface area contributed by atoms with Gasteiger partial charge in [0, 0.05) is 12.5 Å². The molecule has 15 heavy (non-hydrogen) atoms. The van der Waals surface area contributed by atoms with Gasteiger partial charge in [0.2, 0.25) is 0 Å². The number of rotatable bonds is 9. The third-order valence-corrected chi connectivity index (χ3v) is 2.02. The van der Waals surface area contributed by atoms with Crippen molar-refractivity contribution in [3.63, 3.8) is 0 Å². The predicted molar refractivity (Wildman–Crippen MR) is 56.7 cm³/mol. The summed E-state index contributed by atoms with van der Waals surface area (Å²) in [5.74, 6) is -1.64. The molecule has 4 heteroatoms. The van der Waals surface area contributed by atoms with E-state index in [2.05, 4.69) is 0 Å². The molecule has 0 spiro atoms. The number of unbranched alkanes of at least 4 members (excludes halogenated alkanes) is 5. The van der Waals surface area contributed by atoms with Crippen LogP contribution in [0, 0.1) is 0 Å². The minimum Gasteiger partial charge on any atom is -0.481 e. The van der Waals surface area contributed by atoms with Gasteiger partial charge in [-0.2, -0.15) is 0 Å². The van der Waals surface area contributed by atoms with Gasteiger partial charge in [-0.3, -0.25) is 4.79 Å². The fourth-order valence-electron chi connectivity index (χ4n) is 1.25. The Bertz CT molecular complexity index is 221. The molecule has 2 N–H and O–H groups in total. The van der Waals surface area contributed by atoms with Gasteiger partial charge in [-0.1, -0.05) is 25.3 Å². The standard InChI is InChI=1S/C11H18O4/c12-10(13)8-6-4-2-1-3-5-7-9-11(14)15/h6,8H,1-5,7,9H2,(H,12,13)(H,14,15)/b8-6+. The fourth-order valence-corrected chi connectivity index (χ4v) is 1.25. The SMILES string of the molecule is O=C(O)/C=C/CCCCCCCC(=O)O. The highest BCUT2D eigenvalue weighted by molar-refractivity contribution is 5.79. The van der Waals surface area contributed by atoms with E-state index in [0.29, 0.717) is 0 Å². The van der Waals surface area contributed by atoms with Crippen molar-refractivity contribution < 1.29 is 19.8 Å². The molecular weight excluding hydrogens is 196 g/mol. The van der Waals surface area contributed by atoms with Crippen LogP contribution in [-0.2, 0) is 9.59 Å². The summed E-state index contributed by atoms with van der Waals surface area (Å²) in [5, 5.41) is 16.7. The second-order valence-corrected chi connectivity index (χ2v) is 3.44. The number of hydrogen-bond acceptors (Lipinski definition) is 2. The summed E-state index contributed by atoms with van der Waals surface area (Å²) in [7, 11) is 0. The van der Waals surface area contributed by atoms with Gasteiger partial charge in [0.05, 0.1) is 0 Å². The highest BCUT2D eigenvalue weighted by Crippen LogP contribution is 2.07. The smallest absolute Gasteiger partial charge is 0.327 e. The number of carboxylic acid groups (broad SMARTS) is 2. The zero-order valence-electron chi connectivity index (χ0n) is 8.82. The molecule has 0 radical (unpaired) electrons. The van der Waals surface area contributed by atoms with Crippen molar-refractivity contribution in [1.82, 2.24) is 0 Å². The lowest BCUT2D eigenvalue weighted by atomic mass is 10.1. The van der Waals surface area contributed by atoms with Gasteiger partial charge < -0.3 is 10.2 Å². The molecule has 86 valence electrons. The molecular formula is C11H18O4. The van der Waals surface area contributed by atoms with Gasteiger partial charge in [0.1, 0.15) is 0 Å². The van der Waals surface area contributed by atoms with E-state index in [1.54, 1.807) is 6.08 Å². The van der Waals surface area contributed by atoms with Crippen molar-refractivity contribution in [1.29, 1.82) is 0 Å². The Hall–Kier alpha value is -1.32. The molecule has 0 heterocycles. The highest BCUT2D eigenvalue weighted by Gasteiger charge is 1.95. The minimum atomic E-state index is -0.906. The van der Waals surface area contributed by atoms with Crippen LogP contribution < -0.4 is 0 Å². The van der Waals surface area contributed by atoms with E-state index in [4.69, 9.17) is 10.2 Å². The van der Waals surface area contributed by atoms with Crippen LogP contribution >= 0.6 is 0 Å². The number of aliphatic carboxylic acids is 2. The molecule has 0 aromatic carbocycles. The molecule has 4 nitrogen and oxygen atoms in total. The first-order valence-corrected chi connectivity index (χ1v) is 5.24. The maximum Gasteiger partial charge on any atom is 0.327 e. The molecule has 0 aliphatic heterocycles. The average Bonchev–Trinajstić information content (AvgIpc) is 2.14. The quantitative estimate of drug-likeness (QED) is 0.456. The van der Waals surface area contributed by atoms with E-state index in [1.807, 2.05) is 0 Å². The summed E-state index contributed by atoms with van der Waals surface area (Å²) in [6.45, 7) is 0. The topological polar surface area (TPSA) is 74.6 Å². The number of hydrogen-bond donors (Lipinski definition) is 2. The summed E-state index contributed by atoms with van der Waals surface area (Å²) in [6, 6.07) is 0. The van der Waals surface area contributed by atoms with Crippen molar-refractivity contribution in [2.24, 2.45) is 0 Å². The maximum absolute atomic E-state index is 10.2. The molecule has 0 fully saturated rings. The molecule has 0 aromatic heterocycles. The lowest BCUT2D eigenvalue weighted by Gasteiger charge is -1.97. The normalized spacial score (nSPS) is 10.7. The molecule has 0 atom stereocenters. The number of carbonyl (C=O) groups is 2. The lowest BCUT2D eigenvalue weighted by molar-refractivity contribution is -0.137. The predicted octanol–water partition coefficient (Wildman–Crippen LogP) is 2.44. The van der Waals surface area contributed by atoms with Crippen LogP contribution in [0.1, 0.15) is 44.9 Å². The summed E-state index contributed by atoms with van der Waals surface area (Å²) in [5.41, 5.74) is 0. The summed E-state index contributed by atoms with van der Waals surface area (Å²) in [4.78, 5) is 20.3. The number of allylic oxidation sites excluding steroid dienone is 1. The summed E-state index contributed by atoms with van der Waals surface area (Å²) in [6.07, 6.45) is 8.54. The summed E-state index contributed by atoms with van der Waals surface area (Å²) < 4.78 is 0. The highest BCUT2D eigenvalue weighted by atomic mass is 16.4. The van der Waals surface area contributed by atoms with E-state index < -0.39 is 11.9 Å². The van der Waals surface area contributed by atoms with E-state index >= 15 is 0 Å². The van der Waals surface area contributed by atoms with Crippen LogP contribution in [0.2, 0.25) is 0 Å². The first-order valence-electron chi connectivity index (χ1n) is 5.24. The van der Waals surface area contributed by atoms with Crippen molar-refractivity contribution in [2.45, 2.75) is 44.9 Å². The molecule has 0 aliphatic carbocycles. The Morgan fingerprint density at radius 3 is 2.13 bits per heavy atom. The molecule has 0 aromatic rings. The molecule has 0 saturated heterocycles. The first kappa shape index (κ1) is 13.7. The van der Waals surface area contributed by atoms with E-state index in [9.17, 15) is 9.59 Å². The lowest BCUT2D eigenvalue weighted by Crippen LogP contribution is -1.93. The van der Waals surface area contributed by atoms with E-state index in [-0.39, 0.29) is 6.42 Å². The van der Waals surface area contributed by atoms with Gasteiger partial charge in [0.25, 0.3) is 0 Å². The molecule has 0 aliphatic rings. The molecule has 0 unspecified atom stereocenters. The van der Waals surface area contributed by atoms with Gasteiger partial charge in [0.15, 0.2) is 0 Å². The van der Waals surface area contributed by atoms with Crippen molar-refractivity contribution in [3.8, 4) is 0 Å². The first-order chi connectivity index (χ1) is 7.13. The van der Waals surface area contributed by atoms with Crippen molar-refractivity contribution >= 4 is 11.9 Å². The van der Waals surface area contributed by atoms with Crippen LogP contribution in [0.5, 0.6) is 0 Å². The Kier molecular flexibility index (Phi) is 8.43. The van der Waals surface area contributed by atoms with Crippen LogP contribution in [0.15, 0.2) is 12.2 Å². The Balaban J connectivity index is 3.11.